The summed E-state index contributed by atoms with van der Waals surface area (Å²) in [6.45, 7) is -1.01. The number of benzene rings is 2. The summed E-state index contributed by atoms with van der Waals surface area (Å²) in [6.07, 6.45) is 1.78. The molecule has 31 heavy (non-hydrogen) atoms. The number of alkyl halides is 2. The van der Waals surface area contributed by atoms with E-state index in [2.05, 4.69) is 25.6 Å². The fourth-order valence-corrected chi connectivity index (χ4v) is 3.22. The van der Waals surface area contributed by atoms with Crippen molar-refractivity contribution in [3.8, 4) is 11.5 Å². The average molecular weight is 430 g/mol. The van der Waals surface area contributed by atoms with Crippen molar-refractivity contribution in [2.24, 2.45) is 0 Å². The van der Waals surface area contributed by atoms with E-state index in [0.29, 0.717) is 22.8 Å². The van der Waals surface area contributed by atoms with Crippen molar-refractivity contribution in [1.82, 2.24) is 20.2 Å². The van der Waals surface area contributed by atoms with E-state index in [0.717, 1.165) is 0 Å². The predicted molar refractivity (Wildman–Crippen MR) is 105 cm³/mol. The molecule has 0 fully saturated rings. The first-order valence-electron chi connectivity index (χ1n) is 9.19. The van der Waals surface area contributed by atoms with Crippen LogP contribution in [0, 0.1) is 10.1 Å². The summed E-state index contributed by atoms with van der Waals surface area (Å²) in [5, 5.41) is 25.8. The summed E-state index contributed by atoms with van der Waals surface area (Å²) in [5.74, 6) is 0.382. The van der Waals surface area contributed by atoms with E-state index in [9.17, 15) is 18.9 Å². The highest BCUT2D eigenvalue weighted by Gasteiger charge is 2.26. The van der Waals surface area contributed by atoms with Gasteiger partial charge in [0.25, 0.3) is 5.69 Å². The van der Waals surface area contributed by atoms with E-state index < -0.39 is 17.6 Å². The number of hydrogen-bond acceptors (Lipinski definition) is 8. The molecule has 0 aliphatic carbocycles. The molecule has 1 atom stereocenters. The molecule has 0 saturated carbocycles. The van der Waals surface area contributed by atoms with Crippen molar-refractivity contribution >= 4 is 17.3 Å². The van der Waals surface area contributed by atoms with Crippen molar-refractivity contribution in [1.29, 1.82) is 0 Å². The van der Waals surface area contributed by atoms with Gasteiger partial charge >= 0.3 is 6.61 Å². The lowest BCUT2D eigenvalue weighted by molar-refractivity contribution is -0.384. The molecule has 1 aliphatic heterocycles. The Morgan fingerprint density at radius 1 is 1.26 bits per heavy atom. The molecule has 160 valence electrons. The van der Waals surface area contributed by atoms with E-state index in [1.807, 2.05) is 0 Å². The van der Waals surface area contributed by atoms with Gasteiger partial charge in [-0.3, -0.25) is 10.1 Å². The fraction of sp³-hybridized carbons (Fsp3) is 0.211. The van der Waals surface area contributed by atoms with Gasteiger partial charge in [0.1, 0.15) is 6.04 Å². The van der Waals surface area contributed by atoms with Gasteiger partial charge in [-0.25, -0.2) is 0 Å². The molecule has 3 aromatic rings. The Morgan fingerprint density at radius 2 is 2.10 bits per heavy atom. The number of rotatable bonds is 7. The third-order valence-corrected chi connectivity index (χ3v) is 4.52. The molecule has 4 rings (SSSR count). The molecule has 10 nitrogen and oxygen atoms in total. The molecule has 0 spiro atoms. The Kier molecular flexibility index (Phi) is 5.43. The number of ether oxygens (including phenoxy) is 2. The third kappa shape index (κ3) is 4.13. The van der Waals surface area contributed by atoms with Gasteiger partial charge in [0, 0.05) is 23.4 Å². The molecule has 12 heteroatoms. The molecule has 1 N–H and O–H groups in total. The van der Waals surface area contributed by atoms with Crippen LogP contribution in [0.1, 0.15) is 24.1 Å². The van der Waals surface area contributed by atoms with E-state index in [1.54, 1.807) is 37.3 Å². The lowest BCUT2D eigenvalue weighted by atomic mass is 10.0. The summed E-state index contributed by atoms with van der Waals surface area (Å²) in [6, 6.07) is 10.2. The van der Waals surface area contributed by atoms with Crippen molar-refractivity contribution in [3.05, 3.63) is 69.8 Å². The molecule has 0 saturated heterocycles. The van der Waals surface area contributed by atoms with Crippen molar-refractivity contribution in [3.63, 3.8) is 0 Å². The Hall–Kier alpha value is -4.09. The van der Waals surface area contributed by atoms with Gasteiger partial charge in [-0.15, -0.1) is 0 Å². The second-order valence-electron chi connectivity index (χ2n) is 6.42. The molecule has 1 aliphatic rings. The lowest BCUT2D eigenvalue weighted by Crippen LogP contribution is -2.20. The zero-order chi connectivity index (χ0) is 22.0. The number of allylic oxidation sites excluding steroid dienone is 1. The molecular formula is C19H16F2N6O4. The molecular weight excluding hydrogens is 414 g/mol. The van der Waals surface area contributed by atoms with Gasteiger partial charge in [0.05, 0.1) is 11.5 Å². The van der Waals surface area contributed by atoms with Gasteiger partial charge in [0.2, 0.25) is 5.95 Å². The van der Waals surface area contributed by atoms with Crippen molar-refractivity contribution in [2.75, 3.05) is 11.9 Å². The second kappa shape index (κ2) is 8.34. The number of nitrogens with zero attached hydrogens (tertiary/aromatic N) is 5. The van der Waals surface area contributed by atoms with Gasteiger partial charge in [0.15, 0.2) is 11.5 Å². The molecule has 2 heterocycles. The van der Waals surface area contributed by atoms with E-state index in [4.69, 9.17) is 4.74 Å². The Labute approximate surface area is 174 Å². The number of halogens is 2. The Morgan fingerprint density at radius 3 is 2.84 bits per heavy atom. The number of anilines is 1. The maximum atomic E-state index is 12.7. The van der Waals surface area contributed by atoms with Gasteiger partial charge in [-0.2, -0.15) is 13.5 Å². The minimum Gasteiger partial charge on any atom is -0.490 e. The smallest absolute Gasteiger partial charge is 0.387 e. The summed E-state index contributed by atoms with van der Waals surface area (Å²) >= 11 is 0. The minimum atomic E-state index is -2.99. The van der Waals surface area contributed by atoms with Crippen LogP contribution in [0.2, 0.25) is 0 Å². The van der Waals surface area contributed by atoms with Crippen molar-refractivity contribution < 1.29 is 23.2 Å². The van der Waals surface area contributed by atoms with Crippen LogP contribution in [0.25, 0.3) is 5.70 Å². The largest absolute Gasteiger partial charge is 0.490 e. The molecule has 0 bridgehead atoms. The average Bonchev–Trinajstić information content (AvgIpc) is 3.23. The first kappa shape index (κ1) is 20.2. The summed E-state index contributed by atoms with van der Waals surface area (Å²) in [5.41, 5.74) is 1.70. The zero-order valence-corrected chi connectivity index (χ0v) is 16.1. The van der Waals surface area contributed by atoms with Crippen LogP contribution < -0.4 is 14.8 Å². The maximum absolute atomic E-state index is 12.7. The molecule has 0 amide bonds. The number of non-ortho nitro benzene ring substituents is 1. The zero-order valence-electron chi connectivity index (χ0n) is 16.1. The standard InChI is InChI=1S/C19H16F2N6O4/c1-2-30-17-9-12(6-7-16(17)31-18(20)21)15-10-14(22-19-23-24-25-26(15)19)11-4-3-5-13(8-11)27(28)29/h3-10,15,18H,2H2,1H3,(H,22,23,25). The molecule has 0 radical (unpaired) electrons. The number of fused-ring (bicyclic) bond motifs is 1. The normalized spacial score (nSPS) is 15.1. The van der Waals surface area contributed by atoms with Crippen LogP contribution in [-0.2, 0) is 0 Å². The Bertz CT molecular complexity index is 1150. The van der Waals surface area contributed by atoms with Crippen LogP contribution >= 0.6 is 0 Å². The number of hydrogen-bond donors (Lipinski definition) is 1. The maximum Gasteiger partial charge on any atom is 0.387 e. The lowest BCUT2D eigenvalue weighted by Gasteiger charge is -2.24. The predicted octanol–water partition coefficient (Wildman–Crippen LogP) is 3.64. The third-order valence-electron chi connectivity index (χ3n) is 4.52. The molecule has 1 unspecified atom stereocenters. The topological polar surface area (TPSA) is 117 Å². The Balaban J connectivity index is 1.77. The number of tetrazole rings is 1. The summed E-state index contributed by atoms with van der Waals surface area (Å²) in [7, 11) is 0. The van der Waals surface area contributed by atoms with Crippen LogP contribution in [-0.4, -0.2) is 38.3 Å². The van der Waals surface area contributed by atoms with Crippen LogP contribution in [0.15, 0.2) is 48.5 Å². The van der Waals surface area contributed by atoms with Crippen molar-refractivity contribution in [2.45, 2.75) is 19.6 Å². The van der Waals surface area contributed by atoms with Gasteiger partial charge in [-0.1, -0.05) is 23.3 Å². The highest BCUT2D eigenvalue weighted by Crippen LogP contribution is 2.37. The SMILES string of the molecule is CCOc1cc(C2C=C(c3cccc([N+](=O)[O-])c3)Nc3nnnn32)ccc1OC(F)F. The van der Waals surface area contributed by atoms with Gasteiger partial charge in [-0.05, 0) is 41.1 Å². The van der Waals surface area contributed by atoms with Crippen LogP contribution in [0.3, 0.4) is 0 Å². The number of nitro benzene ring substituents is 1. The number of nitrogens with one attached hydrogen (secondary N) is 1. The van der Waals surface area contributed by atoms with Crippen LogP contribution in [0.5, 0.6) is 11.5 Å². The highest BCUT2D eigenvalue weighted by molar-refractivity contribution is 5.78. The monoisotopic (exact) mass is 430 g/mol. The van der Waals surface area contributed by atoms with E-state index in [-0.39, 0.29) is 23.8 Å². The summed E-state index contributed by atoms with van der Waals surface area (Å²) < 4.78 is 36.9. The summed E-state index contributed by atoms with van der Waals surface area (Å²) in [4.78, 5) is 10.7. The molecule has 1 aromatic heterocycles. The number of aromatic nitrogens is 4. The fourth-order valence-electron chi connectivity index (χ4n) is 3.22. The first-order valence-corrected chi connectivity index (χ1v) is 9.19. The molecule has 2 aromatic carbocycles. The van der Waals surface area contributed by atoms with Gasteiger partial charge < -0.3 is 14.8 Å². The highest BCUT2D eigenvalue weighted by atomic mass is 19.3. The minimum absolute atomic E-state index is 0.0611. The second-order valence-corrected chi connectivity index (χ2v) is 6.42. The number of nitro groups is 1. The van der Waals surface area contributed by atoms with E-state index in [1.165, 1.54) is 22.9 Å². The van der Waals surface area contributed by atoms with E-state index >= 15 is 0 Å². The quantitative estimate of drug-likeness (QED) is 0.446. The van der Waals surface area contributed by atoms with Crippen LogP contribution in [0.4, 0.5) is 20.4 Å². The first-order chi connectivity index (χ1) is 15.0.